The van der Waals surface area contributed by atoms with E-state index in [4.69, 9.17) is 5.73 Å². The highest BCUT2D eigenvalue weighted by molar-refractivity contribution is 7.99. The molecule has 1 heterocycles. The Morgan fingerprint density at radius 2 is 1.78 bits per heavy atom. The fourth-order valence-electron chi connectivity index (χ4n) is 2.39. The minimum absolute atomic E-state index is 0.200. The third-order valence-corrected chi connectivity index (χ3v) is 5.83. The Labute approximate surface area is 164 Å². The molecule has 0 aliphatic heterocycles. The molecule has 0 aliphatic rings. The summed E-state index contributed by atoms with van der Waals surface area (Å²) in [5.74, 6) is -0.527. The minimum atomic E-state index is -0.579. The summed E-state index contributed by atoms with van der Waals surface area (Å²) in [6, 6.07) is 17.4. The Kier molecular flexibility index (Phi) is 6.26. The van der Waals surface area contributed by atoms with Crippen LogP contribution >= 0.6 is 23.1 Å². The van der Waals surface area contributed by atoms with E-state index in [0.717, 1.165) is 15.3 Å². The summed E-state index contributed by atoms with van der Waals surface area (Å²) in [6.45, 7) is 0. The second-order valence-electron chi connectivity index (χ2n) is 5.68. The first-order valence-electron chi connectivity index (χ1n) is 8.20. The van der Waals surface area contributed by atoms with Crippen molar-refractivity contribution in [3.63, 3.8) is 0 Å². The van der Waals surface area contributed by atoms with Crippen molar-refractivity contribution in [2.45, 2.75) is 11.3 Å². The number of nitrogens with one attached hydrogen (secondary N) is 1. The largest absolute Gasteiger partial charge is 0.366 e. The molecule has 0 saturated carbocycles. The Balaban J connectivity index is 1.63. The second-order valence-corrected chi connectivity index (χ2v) is 7.90. The molecule has 27 heavy (non-hydrogen) atoms. The molecular weight excluding hydrogens is 383 g/mol. The van der Waals surface area contributed by atoms with Crippen molar-refractivity contribution in [1.82, 2.24) is 0 Å². The first-order chi connectivity index (χ1) is 13.0. The van der Waals surface area contributed by atoms with Gasteiger partial charge in [0.25, 0.3) is 5.91 Å². The van der Waals surface area contributed by atoms with E-state index in [1.807, 2.05) is 30.3 Å². The molecule has 4 nitrogen and oxygen atoms in total. The molecule has 0 spiro atoms. The lowest BCUT2D eigenvalue weighted by molar-refractivity contribution is -0.115. The molecule has 0 unspecified atom stereocenters. The fraction of sp³-hybridized carbons (Fsp3) is 0.100. The van der Waals surface area contributed by atoms with Crippen molar-refractivity contribution in [2.24, 2.45) is 5.73 Å². The summed E-state index contributed by atoms with van der Waals surface area (Å²) >= 11 is 2.78. The van der Waals surface area contributed by atoms with Crippen LogP contribution in [0.4, 0.5) is 9.39 Å². The first kappa shape index (κ1) is 19.1. The molecule has 2 amide bonds. The van der Waals surface area contributed by atoms with Crippen LogP contribution in [0, 0.1) is 5.82 Å². The van der Waals surface area contributed by atoms with E-state index in [9.17, 15) is 14.0 Å². The molecule has 1 aromatic heterocycles. The number of hydrogen-bond acceptors (Lipinski definition) is 4. The number of primary amides is 1. The Bertz CT molecular complexity index is 940. The smallest absolute Gasteiger partial charge is 0.251 e. The zero-order valence-corrected chi connectivity index (χ0v) is 15.9. The average molecular weight is 401 g/mol. The molecule has 3 rings (SSSR count). The van der Waals surface area contributed by atoms with Gasteiger partial charge in [0, 0.05) is 21.9 Å². The van der Waals surface area contributed by atoms with E-state index in [-0.39, 0.29) is 18.1 Å². The molecule has 0 fully saturated rings. The highest BCUT2D eigenvalue weighted by atomic mass is 32.2. The van der Waals surface area contributed by atoms with Crippen molar-refractivity contribution < 1.29 is 14.0 Å². The normalized spacial score (nSPS) is 10.6. The van der Waals surface area contributed by atoms with Crippen LogP contribution in [-0.2, 0) is 4.79 Å². The maximum atomic E-state index is 12.9. The van der Waals surface area contributed by atoms with Gasteiger partial charge in [-0.2, -0.15) is 0 Å². The van der Waals surface area contributed by atoms with Gasteiger partial charge >= 0.3 is 0 Å². The van der Waals surface area contributed by atoms with E-state index in [1.165, 1.54) is 35.2 Å². The monoisotopic (exact) mass is 400 g/mol. The Morgan fingerprint density at radius 3 is 2.44 bits per heavy atom. The molecule has 3 N–H and O–H groups in total. The van der Waals surface area contributed by atoms with Gasteiger partial charge in [-0.3, -0.25) is 9.59 Å². The lowest BCUT2D eigenvalue weighted by Gasteiger charge is -2.05. The van der Waals surface area contributed by atoms with E-state index >= 15 is 0 Å². The van der Waals surface area contributed by atoms with Crippen molar-refractivity contribution in [1.29, 1.82) is 0 Å². The summed E-state index contributed by atoms with van der Waals surface area (Å²) < 4.78 is 12.9. The minimum Gasteiger partial charge on any atom is -0.366 e. The van der Waals surface area contributed by atoms with E-state index in [2.05, 4.69) is 5.32 Å². The number of thiophene rings is 1. The number of hydrogen-bond donors (Lipinski definition) is 2. The molecule has 0 radical (unpaired) electrons. The number of halogens is 1. The van der Waals surface area contributed by atoms with Crippen molar-refractivity contribution in [3.05, 3.63) is 72.0 Å². The van der Waals surface area contributed by atoms with Crippen LogP contribution < -0.4 is 11.1 Å². The van der Waals surface area contributed by atoms with Crippen LogP contribution in [0.1, 0.15) is 16.8 Å². The lowest BCUT2D eigenvalue weighted by atomic mass is 10.1. The van der Waals surface area contributed by atoms with Gasteiger partial charge in [-0.1, -0.05) is 30.3 Å². The van der Waals surface area contributed by atoms with Crippen molar-refractivity contribution in [3.8, 4) is 10.4 Å². The number of benzene rings is 2. The Hall–Kier alpha value is -2.64. The van der Waals surface area contributed by atoms with Crippen molar-refractivity contribution >= 4 is 39.9 Å². The number of carbonyl (C=O) groups excluding carboxylic acids is 2. The average Bonchev–Trinajstić information content (AvgIpc) is 3.08. The highest BCUT2D eigenvalue weighted by Gasteiger charge is 2.16. The number of carbonyl (C=O) groups is 2. The van der Waals surface area contributed by atoms with Crippen LogP contribution in [0.2, 0.25) is 0 Å². The standard InChI is InChI=1S/C20H17FN2O2S2/c21-14-6-8-15(9-7-14)26-11-10-18(24)23-20-16(19(22)25)12-17(27-20)13-4-2-1-3-5-13/h1-9,12H,10-11H2,(H2,22,25)(H,23,24). The maximum absolute atomic E-state index is 12.9. The Morgan fingerprint density at radius 1 is 1.07 bits per heavy atom. The van der Waals surface area contributed by atoms with Crippen LogP contribution in [0.5, 0.6) is 0 Å². The van der Waals surface area contributed by atoms with Crippen LogP contribution in [0.3, 0.4) is 0 Å². The predicted octanol–water partition coefficient (Wildman–Crippen LogP) is 4.77. The van der Waals surface area contributed by atoms with Gasteiger partial charge < -0.3 is 11.1 Å². The van der Waals surface area contributed by atoms with Gasteiger partial charge in [0.1, 0.15) is 10.8 Å². The lowest BCUT2D eigenvalue weighted by Crippen LogP contribution is -2.16. The van der Waals surface area contributed by atoms with Gasteiger partial charge in [0.15, 0.2) is 0 Å². The summed E-state index contributed by atoms with van der Waals surface area (Å²) in [5.41, 5.74) is 6.71. The fourth-order valence-corrected chi connectivity index (χ4v) is 4.33. The molecule has 7 heteroatoms. The van der Waals surface area contributed by atoms with Gasteiger partial charge in [-0.15, -0.1) is 23.1 Å². The van der Waals surface area contributed by atoms with Crippen LogP contribution in [-0.4, -0.2) is 17.6 Å². The third kappa shape index (κ3) is 5.18. The van der Waals surface area contributed by atoms with Gasteiger partial charge in [0.2, 0.25) is 5.91 Å². The topological polar surface area (TPSA) is 72.2 Å². The molecule has 3 aromatic rings. The van der Waals surface area contributed by atoms with Crippen LogP contribution in [0.25, 0.3) is 10.4 Å². The van der Waals surface area contributed by atoms with Gasteiger partial charge in [0.05, 0.1) is 5.56 Å². The zero-order chi connectivity index (χ0) is 19.2. The molecule has 0 aliphatic carbocycles. The molecule has 0 saturated heterocycles. The number of rotatable bonds is 7. The van der Waals surface area contributed by atoms with Crippen molar-refractivity contribution in [2.75, 3.05) is 11.1 Å². The van der Waals surface area contributed by atoms with Gasteiger partial charge in [-0.05, 0) is 35.9 Å². The summed E-state index contributed by atoms with van der Waals surface area (Å²) in [6.07, 6.45) is 0.263. The number of anilines is 1. The summed E-state index contributed by atoms with van der Waals surface area (Å²) in [4.78, 5) is 25.7. The molecule has 2 aromatic carbocycles. The maximum Gasteiger partial charge on any atom is 0.251 e. The second kappa shape index (κ2) is 8.83. The molecular formula is C20H17FN2O2S2. The number of thioether (sulfide) groups is 1. The quantitative estimate of drug-likeness (QED) is 0.561. The van der Waals surface area contributed by atoms with E-state index in [0.29, 0.717) is 16.3 Å². The zero-order valence-electron chi connectivity index (χ0n) is 14.3. The van der Waals surface area contributed by atoms with Gasteiger partial charge in [-0.25, -0.2) is 4.39 Å². The van der Waals surface area contributed by atoms with E-state index in [1.54, 1.807) is 18.2 Å². The number of amides is 2. The molecule has 0 atom stereocenters. The highest BCUT2D eigenvalue weighted by Crippen LogP contribution is 2.35. The van der Waals surface area contributed by atoms with Crippen LogP contribution in [0.15, 0.2) is 65.6 Å². The van der Waals surface area contributed by atoms with E-state index < -0.39 is 5.91 Å². The summed E-state index contributed by atoms with van der Waals surface area (Å²) in [7, 11) is 0. The molecule has 0 bridgehead atoms. The molecule has 138 valence electrons. The summed E-state index contributed by atoms with van der Waals surface area (Å²) in [5, 5.41) is 3.24. The third-order valence-electron chi connectivity index (χ3n) is 3.72. The number of nitrogens with two attached hydrogens (primary N) is 1. The predicted molar refractivity (Wildman–Crippen MR) is 109 cm³/mol. The first-order valence-corrected chi connectivity index (χ1v) is 10.0. The SMILES string of the molecule is NC(=O)c1cc(-c2ccccc2)sc1NC(=O)CCSc1ccc(F)cc1.